The second-order valence-electron chi connectivity index (χ2n) is 2.98. The molecule has 2 aliphatic heterocycles. The van der Waals surface area contributed by atoms with Crippen LogP contribution in [-0.2, 0) is 0 Å². The molecule has 1 aromatic carbocycles. The van der Waals surface area contributed by atoms with Crippen LogP contribution in [0.4, 0.5) is 5.69 Å². The van der Waals surface area contributed by atoms with E-state index in [1.165, 1.54) is 15.4 Å². The molecule has 0 N–H and O–H groups in total. The van der Waals surface area contributed by atoms with Crippen molar-refractivity contribution in [1.29, 1.82) is 0 Å². The highest BCUT2D eigenvalue weighted by Crippen LogP contribution is 2.45. The third-order valence-corrected chi connectivity index (χ3v) is 4.31. The minimum absolute atomic E-state index is 1.09. The van der Waals surface area contributed by atoms with E-state index >= 15 is 0 Å². The lowest BCUT2D eigenvalue weighted by Gasteiger charge is -2.01. The minimum Gasteiger partial charge on any atom is -0.256 e. The lowest BCUT2D eigenvalue weighted by Crippen LogP contribution is -1.80. The first-order valence-electron chi connectivity index (χ1n) is 4.31. The summed E-state index contributed by atoms with van der Waals surface area (Å²) in [6.45, 7) is 0. The maximum atomic E-state index is 4.39. The molecule has 0 amide bonds. The molecular weight excluding hydrogens is 210 g/mol. The highest BCUT2D eigenvalue weighted by atomic mass is 32.2. The van der Waals surface area contributed by atoms with Gasteiger partial charge in [-0.25, -0.2) is 0 Å². The second-order valence-corrected chi connectivity index (χ2v) is 5.07. The first-order valence-corrected chi connectivity index (χ1v) is 6.07. The van der Waals surface area contributed by atoms with Gasteiger partial charge in [-0.2, -0.15) is 0 Å². The van der Waals surface area contributed by atoms with Crippen molar-refractivity contribution in [3.63, 3.8) is 0 Å². The van der Waals surface area contributed by atoms with Gasteiger partial charge in [0.05, 0.1) is 9.92 Å². The Morgan fingerprint density at radius 3 is 2.64 bits per heavy atom. The Bertz CT molecular complexity index is 462. The number of fused-ring (bicyclic) bond motifs is 1. The van der Waals surface area contributed by atoms with Crippen LogP contribution in [0.2, 0.25) is 0 Å². The number of hydrogen-bond acceptors (Lipinski definition) is 3. The van der Waals surface area contributed by atoms with Gasteiger partial charge in [0.15, 0.2) is 0 Å². The summed E-state index contributed by atoms with van der Waals surface area (Å²) in [5, 5.41) is 4.23. The van der Waals surface area contributed by atoms with E-state index in [1.807, 2.05) is 12.3 Å². The zero-order valence-electron chi connectivity index (χ0n) is 7.31. The second kappa shape index (κ2) is 3.33. The van der Waals surface area contributed by atoms with E-state index < -0.39 is 0 Å². The predicted octanol–water partition coefficient (Wildman–Crippen LogP) is 4.02. The maximum absolute atomic E-state index is 4.39. The molecule has 0 aromatic heterocycles. The lowest BCUT2D eigenvalue weighted by atomic mass is 10.1. The van der Waals surface area contributed by atoms with E-state index in [-0.39, 0.29) is 0 Å². The van der Waals surface area contributed by atoms with E-state index in [9.17, 15) is 0 Å². The quantitative estimate of drug-likeness (QED) is 0.650. The Kier molecular flexibility index (Phi) is 2.00. The van der Waals surface area contributed by atoms with Crippen LogP contribution in [0.1, 0.15) is 5.56 Å². The van der Waals surface area contributed by atoms with Gasteiger partial charge in [0, 0.05) is 17.4 Å². The number of hydrogen-bond donors (Lipinski definition) is 0. The normalized spacial score (nSPS) is 18.0. The van der Waals surface area contributed by atoms with Crippen LogP contribution >= 0.6 is 23.5 Å². The Labute approximate surface area is 91.0 Å². The van der Waals surface area contributed by atoms with Gasteiger partial charge in [0.2, 0.25) is 0 Å². The van der Waals surface area contributed by atoms with Crippen LogP contribution in [0.5, 0.6) is 0 Å². The van der Waals surface area contributed by atoms with Gasteiger partial charge in [-0.1, -0.05) is 41.7 Å². The van der Waals surface area contributed by atoms with Crippen molar-refractivity contribution in [3.8, 4) is 0 Å². The molecule has 2 heterocycles. The maximum Gasteiger partial charge on any atom is 0.0709 e. The molecule has 0 aliphatic carbocycles. The van der Waals surface area contributed by atoms with Crippen LogP contribution in [0, 0.1) is 0 Å². The molecule has 0 fully saturated rings. The third kappa shape index (κ3) is 1.24. The van der Waals surface area contributed by atoms with Gasteiger partial charge in [-0.05, 0) is 16.9 Å². The molecule has 0 bridgehead atoms. The van der Waals surface area contributed by atoms with Gasteiger partial charge in [-0.3, -0.25) is 4.99 Å². The van der Waals surface area contributed by atoms with Crippen LogP contribution < -0.4 is 0 Å². The minimum atomic E-state index is 1.09. The molecule has 0 unspecified atom stereocenters. The summed E-state index contributed by atoms with van der Waals surface area (Å²) in [6, 6.07) is 8.27. The van der Waals surface area contributed by atoms with E-state index in [2.05, 4.69) is 34.0 Å². The number of nitrogens with zero attached hydrogens (tertiary/aromatic N) is 1. The first kappa shape index (κ1) is 8.38. The van der Waals surface area contributed by atoms with Gasteiger partial charge < -0.3 is 0 Å². The molecule has 3 rings (SSSR count). The highest BCUT2D eigenvalue weighted by molar-refractivity contribution is 8.27. The number of benzene rings is 1. The Morgan fingerprint density at radius 1 is 1.00 bits per heavy atom. The number of thioether (sulfide) groups is 2. The molecule has 3 heteroatoms. The first-order chi connectivity index (χ1) is 6.95. The third-order valence-electron chi connectivity index (χ3n) is 2.15. The Hall–Kier alpha value is -0.930. The molecule has 14 heavy (non-hydrogen) atoms. The summed E-state index contributed by atoms with van der Waals surface area (Å²) in [5.74, 6) is 0. The monoisotopic (exact) mass is 217 g/mol. The number of rotatable bonds is 0. The largest absolute Gasteiger partial charge is 0.256 e. The standard InChI is InChI=1S/C11H7NS2/c1-2-4-10-8(3-1)9(7-12-10)11-13-5-6-14-11/h1-7H. The van der Waals surface area contributed by atoms with Crippen molar-refractivity contribution in [2.45, 2.75) is 0 Å². The van der Waals surface area contributed by atoms with Crippen LogP contribution in [0.3, 0.4) is 0 Å². The summed E-state index contributed by atoms with van der Waals surface area (Å²) < 4.78 is 1.33. The molecule has 0 saturated heterocycles. The van der Waals surface area contributed by atoms with Crippen molar-refractivity contribution in [1.82, 2.24) is 0 Å². The summed E-state index contributed by atoms with van der Waals surface area (Å²) in [6.07, 6.45) is 1.97. The SMILES string of the molecule is C1=CSC(=C2C=Nc3ccccc32)S1. The summed E-state index contributed by atoms with van der Waals surface area (Å²) in [7, 11) is 0. The molecule has 0 atom stereocenters. The predicted molar refractivity (Wildman–Crippen MR) is 65.8 cm³/mol. The molecule has 1 nitrogen and oxygen atoms in total. The molecule has 0 radical (unpaired) electrons. The lowest BCUT2D eigenvalue weighted by molar-refractivity contribution is 1.55. The number of aliphatic imine (C=N–C) groups is 1. The summed E-state index contributed by atoms with van der Waals surface area (Å²) in [4.78, 5) is 4.39. The highest BCUT2D eigenvalue weighted by Gasteiger charge is 2.17. The molecule has 68 valence electrons. The van der Waals surface area contributed by atoms with E-state index in [4.69, 9.17) is 0 Å². The number of allylic oxidation sites excluding steroid dienone is 1. The zero-order chi connectivity index (χ0) is 9.38. The van der Waals surface area contributed by atoms with Crippen LogP contribution in [-0.4, -0.2) is 6.21 Å². The van der Waals surface area contributed by atoms with E-state index in [1.54, 1.807) is 23.5 Å². The fraction of sp³-hybridized carbons (Fsp3) is 0. The van der Waals surface area contributed by atoms with Crippen LogP contribution in [0.25, 0.3) is 5.57 Å². The average Bonchev–Trinajstić information content (AvgIpc) is 2.85. The van der Waals surface area contributed by atoms with Gasteiger partial charge in [0.25, 0.3) is 0 Å². The average molecular weight is 217 g/mol. The van der Waals surface area contributed by atoms with Gasteiger partial charge >= 0.3 is 0 Å². The smallest absolute Gasteiger partial charge is 0.0709 e. The summed E-state index contributed by atoms with van der Waals surface area (Å²) in [5.41, 5.74) is 3.61. The molecular formula is C11H7NS2. The van der Waals surface area contributed by atoms with Crippen LogP contribution in [0.15, 0.2) is 44.3 Å². The fourth-order valence-electron chi connectivity index (χ4n) is 1.51. The van der Waals surface area contributed by atoms with Crippen molar-refractivity contribution < 1.29 is 0 Å². The van der Waals surface area contributed by atoms with E-state index in [0.29, 0.717) is 0 Å². The van der Waals surface area contributed by atoms with Crippen molar-refractivity contribution in [3.05, 3.63) is 44.9 Å². The topological polar surface area (TPSA) is 12.4 Å². The fourth-order valence-corrected chi connectivity index (χ4v) is 3.34. The Morgan fingerprint density at radius 2 is 1.79 bits per heavy atom. The van der Waals surface area contributed by atoms with Crippen molar-refractivity contribution in [2.75, 3.05) is 0 Å². The number of para-hydroxylation sites is 1. The molecule has 2 aliphatic rings. The van der Waals surface area contributed by atoms with Gasteiger partial charge in [0.1, 0.15) is 0 Å². The summed E-state index contributed by atoms with van der Waals surface area (Å²) >= 11 is 3.55. The zero-order valence-corrected chi connectivity index (χ0v) is 8.94. The molecule has 0 saturated carbocycles. The van der Waals surface area contributed by atoms with Crippen molar-refractivity contribution in [2.24, 2.45) is 4.99 Å². The molecule has 1 aromatic rings. The van der Waals surface area contributed by atoms with Gasteiger partial charge in [-0.15, -0.1) is 0 Å². The Balaban J connectivity index is 2.14. The van der Waals surface area contributed by atoms with E-state index in [0.717, 1.165) is 5.69 Å². The van der Waals surface area contributed by atoms with Crippen molar-refractivity contribution >= 4 is 41.0 Å². The molecule has 0 spiro atoms.